The Morgan fingerprint density at radius 1 is 1.24 bits per heavy atom. The highest BCUT2D eigenvalue weighted by Crippen LogP contribution is 2.20. The zero-order valence-electron chi connectivity index (χ0n) is 10.6. The fourth-order valence-electron chi connectivity index (χ4n) is 2.25. The summed E-state index contributed by atoms with van der Waals surface area (Å²) in [5.74, 6) is 0. The molecule has 1 aromatic carbocycles. The second kappa shape index (κ2) is 6.77. The first-order valence-corrected chi connectivity index (χ1v) is 6.65. The summed E-state index contributed by atoms with van der Waals surface area (Å²) in [5, 5.41) is 0. The lowest BCUT2D eigenvalue weighted by molar-refractivity contribution is -0.0924. The molecule has 1 aliphatic rings. The summed E-state index contributed by atoms with van der Waals surface area (Å²) in [7, 11) is 0. The molecule has 0 bridgehead atoms. The molecule has 2 nitrogen and oxygen atoms in total. The molecular formula is C15H22O2. The number of benzene rings is 1. The van der Waals surface area contributed by atoms with Crippen molar-refractivity contribution in [3.05, 3.63) is 35.9 Å². The summed E-state index contributed by atoms with van der Waals surface area (Å²) in [6, 6.07) is 10.3. The number of ether oxygens (including phenoxy) is 2. The van der Waals surface area contributed by atoms with Crippen molar-refractivity contribution in [2.75, 3.05) is 6.61 Å². The summed E-state index contributed by atoms with van der Waals surface area (Å²) >= 11 is 0. The predicted octanol–water partition coefficient (Wildman–Crippen LogP) is 3.55. The van der Waals surface area contributed by atoms with Crippen molar-refractivity contribution < 1.29 is 9.47 Å². The molecule has 0 saturated carbocycles. The van der Waals surface area contributed by atoms with Gasteiger partial charge in [-0.1, -0.05) is 43.7 Å². The molecule has 0 spiro atoms. The van der Waals surface area contributed by atoms with Gasteiger partial charge in [-0.2, -0.15) is 0 Å². The molecule has 2 rings (SSSR count). The maximum atomic E-state index is 5.87. The molecule has 1 fully saturated rings. The molecule has 94 valence electrons. The molecule has 0 aliphatic carbocycles. The maximum absolute atomic E-state index is 5.87. The van der Waals surface area contributed by atoms with E-state index in [9.17, 15) is 0 Å². The molecular weight excluding hydrogens is 212 g/mol. The van der Waals surface area contributed by atoms with Gasteiger partial charge in [-0.3, -0.25) is 0 Å². The van der Waals surface area contributed by atoms with Crippen molar-refractivity contribution in [1.82, 2.24) is 0 Å². The fraction of sp³-hybridized carbons (Fsp3) is 0.600. The van der Waals surface area contributed by atoms with E-state index in [0.717, 1.165) is 19.4 Å². The first kappa shape index (κ1) is 12.6. The van der Waals surface area contributed by atoms with Crippen molar-refractivity contribution in [1.29, 1.82) is 0 Å². The van der Waals surface area contributed by atoms with Gasteiger partial charge < -0.3 is 9.47 Å². The number of hydrogen-bond acceptors (Lipinski definition) is 2. The zero-order chi connectivity index (χ0) is 11.9. The van der Waals surface area contributed by atoms with Crippen molar-refractivity contribution in [3.63, 3.8) is 0 Å². The molecule has 2 unspecified atom stereocenters. The van der Waals surface area contributed by atoms with Crippen molar-refractivity contribution in [2.45, 2.75) is 51.4 Å². The van der Waals surface area contributed by atoms with Crippen LogP contribution in [-0.4, -0.2) is 18.8 Å². The Balaban J connectivity index is 1.68. The molecule has 0 amide bonds. The van der Waals surface area contributed by atoms with Crippen LogP contribution in [0.2, 0.25) is 0 Å². The molecule has 0 aromatic heterocycles. The SMILES string of the molecule is CCCC1CCC(OCc2ccccc2)CO1. The Hall–Kier alpha value is -0.860. The van der Waals surface area contributed by atoms with Gasteiger partial charge in [0.25, 0.3) is 0 Å². The Kier molecular flexibility index (Phi) is 5.02. The lowest BCUT2D eigenvalue weighted by atomic mass is 10.0. The molecule has 2 heteroatoms. The van der Waals surface area contributed by atoms with Gasteiger partial charge in [0.15, 0.2) is 0 Å². The smallest absolute Gasteiger partial charge is 0.0814 e. The largest absolute Gasteiger partial charge is 0.376 e. The van der Waals surface area contributed by atoms with Gasteiger partial charge in [-0.05, 0) is 24.8 Å². The third-order valence-corrected chi connectivity index (χ3v) is 3.27. The Bertz CT molecular complexity index is 302. The van der Waals surface area contributed by atoms with Crippen molar-refractivity contribution >= 4 is 0 Å². The average Bonchev–Trinajstić information content (AvgIpc) is 2.40. The van der Waals surface area contributed by atoms with Crippen molar-refractivity contribution in [3.8, 4) is 0 Å². The lowest BCUT2D eigenvalue weighted by Crippen LogP contribution is -2.31. The van der Waals surface area contributed by atoms with Gasteiger partial charge in [0, 0.05) is 0 Å². The van der Waals surface area contributed by atoms with Crippen LogP contribution in [0.3, 0.4) is 0 Å². The highest BCUT2D eigenvalue weighted by atomic mass is 16.5. The van der Waals surface area contributed by atoms with E-state index in [1.807, 2.05) is 18.2 Å². The summed E-state index contributed by atoms with van der Waals surface area (Å²) in [6.07, 6.45) is 5.43. The third-order valence-electron chi connectivity index (χ3n) is 3.27. The molecule has 2 atom stereocenters. The molecule has 1 aliphatic heterocycles. The summed E-state index contributed by atoms with van der Waals surface area (Å²) < 4.78 is 11.7. The second-order valence-electron chi connectivity index (χ2n) is 4.74. The van der Waals surface area contributed by atoms with Gasteiger partial charge in [0.05, 0.1) is 25.4 Å². The monoisotopic (exact) mass is 234 g/mol. The molecule has 0 N–H and O–H groups in total. The quantitative estimate of drug-likeness (QED) is 0.775. The van der Waals surface area contributed by atoms with Gasteiger partial charge in [-0.25, -0.2) is 0 Å². The fourth-order valence-corrected chi connectivity index (χ4v) is 2.25. The maximum Gasteiger partial charge on any atom is 0.0814 e. The third kappa shape index (κ3) is 4.14. The molecule has 1 aromatic rings. The Labute approximate surface area is 104 Å². The van der Waals surface area contributed by atoms with Gasteiger partial charge in [-0.15, -0.1) is 0 Å². The van der Waals surface area contributed by atoms with E-state index in [2.05, 4.69) is 19.1 Å². The van der Waals surface area contributed by atoms with E-state index in [4.69, 9.17) is 9.47 Å². The standard InChI is InChI=1S/C15H22O2/c1-2-6-14-9-10-15(12-17-14)16-11-13-7-4-3-5-8-13/h3-5,7-8,14-15H,2,6,9-12H2,1H3. The highest BCUT2D eigenvalue weighted by molar-refractivity contribution is 5.13. The minimum atomic E-state index is 0.281. The minimum Gasteiger partial charge on any atom is -0.376 e. The number of hydrogen-bond donors (Lipinski definition) is 0. The van der Waals surface area contributed by atoms with Crippen LogP contribution in [-0.2, 0) is 16.1 Å². The van der Waals surface area contributed by atoms with Gasteiger partial charge in [0.1, 0.15) is 0 Å². The van der Waals surface area contributed by atoms with E-state index in [1.54, 1.807) is 0 Å². The van der Waals surface area contributed by atoms with Crippen LogP contribution >= 0.6 is 0 Å². The van der Waals surface area contributed by atoms with Gasteiger partial charge in [0.2, 0.25) is 0 Å². The van der Waals surface area contributed by atoms with Crippen LogP contribution in [0.15, 0.2) is 30.3 Å². The molecule has 0 radical (unpaired) electrons. The predicted molar refractivity (Wildman–Crippen MR) is 68.9 cm³/mol. The first-order chi connectivity index (χ1) is 8.38. The summed E-state index contributed by atoms with van der Waals surface area (Å²) in [5.41, 5.74) is 1.24. The Morgan fingerprint density at radius 3 is 2.71 bits per heavy atom. The van der Waals surface area contributed by atoms with Gasteiger partial charge >= 0.3 is 0 Å². The van der Waals surface area contributed by atoms with Crippen LogP contribution < -0.4 is 0 Å². The van der Waals surface area contributed by atoms with Crippen LogP contribution in [0.25, 0.3) is 0 Å². The van der Waals surface area contributed by atoms with Crippen LogP contribution in [0.4, 0.5) is 0 Å². The first-order valence-electron chi connectivity index (χ1n) is 6.65. The summed E-state index contributed by atoms with van der Waals surface area (Å²) in [4.78, 5) is 0. The topological polar surface area (TPSA) is 18.5 Å². The Morgan fingerprint density at radius 2 is 2.06 bits per heavy atom. The van der Waals surface area contributed by atoms with Crippen LogP contribution in [0.5, 0.6) is 0 Å². The average molecular weight is 234 g/mol. The minimum absolute atomic E-state index is 0.281. The van der Waals surface area contributed by atoms with E-state index in [0.29, 0.717) is 12.7 Å². The normalized spacial score (nSPS) is 24.8. The van der Waals surface area contributed by atoms with E-state index in [1.165, 1.54) is 18.4 Å². The molecule has 1 heterocycles. The lowest BCUT2D eigenvalue weighted by Gasteiger charge is -2.29. The molecule has 1 saturated heterocycles. The second-order valence-corrected chi connectivity index (χ2v) is 4.74. The highest BCUT2D eigenvalue weighted by Gasteiger charge is 2.21. The van der Waals surface area contributed by atoms with E-state index < -0.39 is 0 Å². The van der Waals surface area contributed by atoms with E-state index in [-0.39, 0.29) is 6.10 Å². The number of rotatable bonds is 5. The van der Waals surface area contributed by atoms with Crippen molar-refractivity contribution in [2.24, 2.45) is 0 Å². The summed E-state index contributed by atoms with van der Waals surface area (Å²) in [6.45, 7) is 3.67. The van der Waals surface area contributed by atoms with Crippen LogP contribution in [0, 0.1) is 0 Å². The zero-order valence-corrected chi connectivity index (χ0v) is 10.6. The van der Waals surface area contributed by atoms with Crippen LogP contribution in [0.1, 0.15) is 38.2 Å². The van der Waals surface area contributed by atoms with E-state index >= 15 is 0 Å². The molecule has 17 heavy (non-hydrogen) atoms.